The Morgan fingerprint density at radius 3 is 2.47 bits per heavy atom. The third-order valence-corrected chi connectivity index (χ3v) is 6.39. The molecule has 0 saturated heterocycles. The quantitative estimate of drug-likeness (QED) is 0.698. The van der Waals surface area contributed by atoms with E-state index in [0.717, 1.165) is 35.8 Å². The van der Waals surface area contributed by atoms with Crippen molar-refractivity contribution < 1.29 is 17.9 Å². The van der Waals surface area contributed by atoms with Gasteiger partial charge in [-0.05, 0) is 49.0 Å². The van der Waals surface area contributed by atoms with E-state index < -0.39 is 22.0 Å². The Morgan fingerprint density at radius 2 is 1.87 bits per heavy atom. The fraction of sp³-hybridized carbons (Fsp3) is 0.381. The van der Waals surface area contributed by atoms with Crippen molar-refractivity contribution in [3.8, 4) is 5.75 Å². The summed E-state index contributed by atoms with van der Waals surface area (Å²) < 4.78 is 31.4. The van der Waals surface area contributed by atoms with Crippen LogP contribution in [0.2, 0.25) is 5.02 Å². The lowest BCUT2D eigenvalue weighted by atomic mass is 10.1. The Hall–Kier alpha value is -2.29. The van der Waals surface area contributed by atoms with Gasteiger partial charge in [-0.1, -0.05) is 37.6 Å². The van der Waals surface area contributed by atoms with Gasteiger partial charge in [-0.2, -0.15) is 0 Å². The van der Waals surface area contributed by atoms with Crippen LogP contribution in [0.5, 0.6) is 5.75 Å². The van der Waals surface area contributed by atoms with E-state index in [2.05, 4.69) is 24.1 Å². The molecule has 1 aliphatic rings. The lowest BCUT2D eigenvalue weighted by molar-refractivity contribution is -0.122. The number of amides is 1. The van der Waals surface area contributed by atoms with E-state index in [4.69, 9.17) is 16.3 Å². The number of hydrogen-bond acceptors (Lipinski definition) is 5. The summed E-state index contributed by atoms with van der Waals surface area (Å²) in [7, 11) is -3.61. The number of rotatable bonds is 7. The first-order valence-corrected chi connectivity index (χ1v) is 12.0. The van der Waals surface area contributed by atoms with E-state index in [1.165, 1.54) is 6.07 Å². The molecule has 0 aromatic heterocycles. The minimum absolute atomic E-state index is 0.127. The molecule has 1 N–H and O–H groups in total. The minimum Gasteiger partial charge on any atom is -0.476 e. The Bertz CT molecular complexity index is 1010. The molecule has 0 aliphatic carbocycles. The van der Waals surface area contributed by atoms with Gasteiger partial charge in [-0.15, -0.1) is 0 Å². The topological polar surface area (TPSA) is 79.0 Å². The molecule has 1 amide bonds. The second kappa shape index (κ2) is 9.24. The van der Waals surface area contributed by atoms with Gasteiger partial charge in [0.2, 0.25) is 10.0 Å². The fourth-order valence-electron chi connectivity index (χ4n) is 3.30. The van der Waals surface area contributed by atoms with Gasteiger partial charge in [0.25, 0.3) is 5.91 Å². The highest BCUT2D eigenvalue weighted by molar-refractivity contribution is 7.92. The maximum atomic E-state index is 12.8. The van der Waals surface area contributed by atoms with Gasteiger partial charge in [0.15, 0.2) is 6.10 Å². The summed E-state index contributed by atoms with van der Waals surface area (Å²) in [6.45, 7) is 6.89. The van der Waals surface area contributed by atoms with E-state index in [1.807, 2.05) is 24.3 Å². The van der Waals surface area contributed by atoms with Gasteiger partial charge in [-0.3, -0.25) is 14.0 Å². The van der Waals surface area contributed by atoms with Gasteiger partial charge in [0.1, 0.15) is 5.75 Å². The number of halogens is 1. The lowest BCUT2D eigenvalue weighted by Gasteiger charge is -2.34. The van der Waals surface area contributed by atoms with Gasteiger partial charge in [0.05, 0.1) is 18.5 Å². The zero-order valence-electron chi connectivity index (χ0n) is 17.3. The van der Waals surface area contributed by atoms with Crippen molar-refractivity contribution in [2.24, 2.45) is 0 Å². The highest BCUT2D eigenvalue weighted by Gasteiger charge is 2.35. The number of hydrogen-bond donors (Lipinski definition) is 1. The largest absolute Gasteiger partial charge is 0.476 e. The van der Waals surface area contributed by atoms with Gasteiger partial charge in [-0.25, -0.2) is 8.42 Å². The average Bonchev–Trinajstić information content (AvgIpc) is 2.71. The van der Waals surface area contributed by atoms with Crippen LogP contribution < -0.4 is 14.4 Å². The molecular formula is C21H26ClN3O4S. The molecule has 9 heteroatoms. The summed E-state index contributed by atoms with van der Waals surface area (Å²) in [6, 6.07) is 12.3. The summed E-state index contributed by atoms with van der Waals surface area (Å²) in [5.41, 5.74) is 2.11. The maximum Gasteiger partial charge on any atom is 0.267 e. The monoisotopic (exact) mass is 451 g/mol. The van der Waals surface area contributed by atoms with Crippen LogP contribution >= 0.6 is 11.6 Å². The van der Waals surface area contributed by atoms with E-state index in [1.54, 1.807) is 12.1 Å². The van der Waals surface area contributed by atoms with Crippen molar-refractivity contribution in [3.63, 3.8) is 0 Å². The highest BCUT2D eigenvalue weighted by Crippen LogP contribution is 2.37. The number of carbonyl (C=O) groups is 1. The molecule has 2 aromatic carbocycles. The molecular weight excluding hydrogens is 426 g/mol. The molecule has 1 atom stereocenters. The summed E-state index contributed by atoms with van der Waals surface area (Å²) >= 11 is 6.00. The molecule has 1 heterocycles. The van der Waals surface area contributed by atoms with Crippen LogP contribution in [-0.2, 0) is 21.4 Å². The van der Waals surface area contributed by atoms with E-state index in [-0.39, 0.29) is 6.54 Å². The predicted molar refractivity (Wildman–Crippen MR) is 120 cm³/mol. The standard InChI is InChI=1S/C21H26ClN3O4S/c1-4-24(5-2)13-15-6-9-17(10-7-15)23-21(26)20-14-25(30(3,27)28)18-12-16(22)8-11-19(18)29-20/h6-12,20H,4-5,13-14H2,1-3H3,(H,23,26)/t20-/m1/s1. The number of nitrogens with zero attached hydrogens (tertiary/aromatic N) is 2. The molecule has 30 heavy (non-hydrogen) atoms. The SMILES string of the molecule is CCN(CC)Cc1ccc(NC(=O)[C@H]2CN(S(C)(=O)=O)c3cc(Cl)ccc3O2)cc1. The maximum absolute atomic E-state index is 12.8. The number of carbonyl (C=O) groups excluding carboxylic acids is 1. The van der Waals surface area contributed by atoms with Crippen LogP contribution in [0, 0.1) is 0 Å². The van der Waals surface area contributed by atoms with Crippen LogP contribution in [0.15, 0.2) is 42.5 Å². The number of ether oxygens (including phenoxy) is 1. The molecule has 2 aromatic rings. The summed E-state index contributed by atoms with van der Waals surface area (Å²) in [4.78, 5) is 15.1. The molecule has 0 bridgehead atoms. The molecule has 0 fully saturated rings. The normalized spacial score (nSPS) is 16.2. The first kappa shape index (κ1) is 22.4. The number of sulfonamides is 1. The molecule has 0 radical (unpaired) electrons. The Balaban J connectivity index is 1.73. The number of benzene rings is 2. The van der Waals surface area contributed by atoms with Crippen LogP contribution in [0.1, 0.15) is 19.4 Å². The molecule has 7 nitrogen and oxygen atoms in total. The molecule has 1 aliphatic heterocycles. The zero-order chi connectivity index (χ0) is 21.9. The van der Waals surface area contributed by atoms with Crippen LogP contribution in [0.4, 0.5) is 11.4 Å². The van der Waals surface area contributed by atoms with Crippen molar-refractivity contribution in [1.82, 2.24) is 4.90 Å². The van der Waals surface area contributed by atoms with Crippen molar-refractivity contribution in [2.45, 2.75) is 26.5 Å². The second-order valence-corrected chi connectivity index (χ2v) is 9.50. The number of nitrogens with one attached hydrogen (secondary N) is 1. The Morgan fingerprint density at radius 1 is 1.20 bits per heavy atom. The molecule has 0 unspecified atom stereocenters. The van der Waals surface area contributed by atoms with Gasteiger partial charge >= 0.3 is 0 Å². The van der Waals surface area contributed by atoms with Crippen LogP contribution in [-0.4, -0.2) is 51.2 Å². The molecule has 0 saturated carbocycles. The van der Waals surface area contributed by atoms with Gasteiger partial charge < -0.3 is 10.1 Å². The highest BCUT2D eigenvalue weighted by atomic mass is 35.5. The van der Waals surface area contributed by atoms with E-state index in [0.29, 0.717) is 22.1 Å². The predicted octanol–water partition coefficient (Wildman–Crippen LogP) is 3.35. The molecule has 0 spiro atoms. The van der Waals surface area contributed by atoms with Crippen molar-refractivity contribution in [3.05, 3.63) is 53.1 Å². The Kier molecular flexibility index (Phi) is 6.90. The van der Waals surface area contributed by atoms with Crippen molar-refractivity contribution in [2.75, 3.05) is 35.5 Å². The smallest absolute Gasteiger partial charge is 0.267 e. The second-order valence-electron chi connectivity index (χ2n) is 7.16. The van der Waals surface area contributed by atoms with Crippen LogP contribution in [0.3, 0.4) is 0 Å². The van der Waals surface area contributed by atoms with Gasteiger partial charge in [0, 0.05) is 17.3 Å². The number of fused-ring (bicyclic) bond motifs is 1. The summed E-state index contributed by atoms with van der Waals surface area (Å²) in [5, 5.41) is 3.20. The van der Waals surface area contributed by atoms with Crippen molar-refractivity contribution in [1.29, 1.82) is 0 Å². The van der Waals surface area contributed by atoms with E-state index >= 15 is 0 Å². The molecule has 162 valence electrons. The van der Waals surface area contributed by atoms with Crippen molar-refractivity contribution >= 4 is 38.9 Å². The third-order valence-electron chi connectivity index (χ3n) is 5.01. The molecule has 3 rings (SSSR count). The average molecular weight is 452 g/mol. The number of anilines is 2. The fourth-order valence-corrected chi connectivity index (χ4v) is 4.37. The van der Waals surface area contributed by atoms with Crippen LogP contribution in [0.25, 0.3) is 0 Å². The third kappa shape index (κ3) is 5.24. The zero-order valence-corrected chi connectivity index (χ0v) is 18.8. The Labute approximate surface area is 182 Å². The minimum atomic E-state index is -3.61. The summed E-state index contributed by atoms with van der Waals surface area (Å²) in [5.74, 6) is -0.119. The summed E-state index contributed by atoms with van der Waals surface area (Å²) in [6.07, 6.45) is 0.107. The first-order chi connectivity index (χ1) is 14.2. The first-order valence-electron chi connectivity index (χ1n) is 9.77. The van der Waals surface area contributed by atoms with E-state index in [9.17, 15) is 13.2 Å². The lowest BCUT2D eigenvalue weighted by Crippen LogP contribution is -2.48.